The molecule has 0 aromatic heterocycles. The third-order valence-electron chi connectivity index (χ3n) is 5.81. The predicted octanol–water partition coefficient (Wildman–Crippen LogP) is 3.93. The Kier molecular flexibility index (Phi) is 8.81. The van der Waals surface area contributed by atoms with Crippen LogP contribution in [-0.4, -0.2) is 56.8 Å². The molecule has 1 aromatic carbocycles. The first-order chi connectivity index (χ1) is 14.4. The van der Waals surface area contributed by atoms with Gasteiger partial charge in [-0.05, 0) is 56.7 Å². The third-order valence-corrected chi connectivity index (χ3v) is 5.81. The SMILES string of the molecule is CCC(CC)OC(=O)[C@@H]1CCCCN1C(=O)[C@@H](C)c1cc(OC)c(OC)c(OC)c1. The van der Waals surface area contributed by atoms with Crippen LogP contribution in [0.25, 0.3) is 0 Å². The van der Waals surface area contributed by atoms with Gasteiger partial charge in [-0.3, -0.25) is 4.79 Å². The lowest BCUT2D eigenvalue weighted by Crippen LogP contribution is -2.50. The molecule has 7 nitrogen and oxygen atoms in total. The van der Waals surface area contributed by atoms with Crippen LogP contribution in [0.4, 0.5) is 0 Å². The van der Waals surface area contributed by atoms with Crippen LogP contribution >= 0.6 is 0 Å². The van der Waals surface area contributed by atoms with E-state index in [-0.39, 0.29) is 18.0 Å². The van der Waals surface area contributed by atoms with Gasteiger partial charge in [-0.2, -0.15) is 0 Å². The molecule has 1 heterocycles. The van der Waals surface area contributed by atoms with E-state index in [1.807, 2.05) is 20.8 Å². The molecule has 1 amide bonds. The van der Waals surface area contributed by atoms with Crippen LogP contribution in [-0.2, 0) is 14.3 Å². The average Bonchev–Trinajstić information content (AvgIpc) is 2.80. The second-order valence-corrected chi connectivity index (χ2v) is 7.60. The van der Waals surface area contributed by atoms with Gasteiger partial charge in [0, 0.05) is 6.54 Å². The van der Waals surface area contributed by atoms with E-state index in [0.717, 1.165) is 31.2 Å². The van der Waals surface area contributed by atoms with E-state index in [1.54, 1.807) is 38.4 Å². The molecule has 30 heavy (non-hydrogen) atoms. The number of likely N-dealkylation sites (tertiary alicyclic amines) is 1. The van der Waals surface area contributed by atoms with Gasteiger partial charge < -0.3 is 23.8 Å². The maximum absolute atomic E-state index is 13.4. The van der Waals surface area contributed by atoms with Gasteiger partial charge in [0.1, 0.15) is 12.1 Å². The van der Waals surface area contributed by atoms with Gasteiger partial charge in [0.25, 0.3) is 0 Å². The average molecular weight is 422 g/mol. The molecule has 168 valence electrons. The van der Waals surface area contributed by atoms with E-state index in [0.29, 0.717) is 30.2 Å². The zero-order valence-electron chi connectivity index (χ0n) is 19.0. The minimum atomic E-state index is -0.531. The summed E-state index contributed by atoms with van der Waals surface area (Å²) in [6.07, 6.45) is 3.85. The molecule has 7 heteroatoms. The number of esters is 1. The first-order valence-corrected chi connectivity index (χ1v) is 10.7. The summed E-state index contributed by atoms with van der Waals surface area (Å²) in [4.78, 5) is 27.9. The standard InChI is InChI=1S/C23H35NO6/c1-7-17(8-2)30-23(26)18-11-9-10-12-24(18)22(25)15(3)16-13-19(27-4)21(29-6)20(14-16)28-5/h13-15,17-18H,7-12H2,1-6H3/t15-,18-/m0/s1. The Bertz CT molecular complexity index is 705. The molecule has 1 aliphatic heterocycles. The quantitative estimate of drug-likeness (QED) is 0.563. The topological polar surface area (TPSA) is 74.3 Å². The lowest BCUT2D eigenvalue weighted by molar-refractivity contribution is -0.162. The lowest BCUT2D eigenvalue weighted by Gasteiger charge is -2.36. The normalized spacial score (nSPS) is 17.4. The van der Waals surface area contributed by atoms with Crippen molar-refractivity contribution in [3.63, 3.8) is 0 Å². The van der Waals surface area contributed by atoms with Crippen molar-refractivity contribution < 1.29 is 28.5 Å². The Morgan fingerprint density at radius 3 is 2.13 bits per heavy atom. The van der Waals surface area contributed by atoms with Crippen molar-refractivity contribution in [3.8, 4) is 17.2 Å². The molecule has 0 saturated carbocycles. The molecule has 1 aromatic rings. The molecule has 2 rings (SSSR count). The number of carbonyl (C=O) groups is 2. The number of amides is 1. The largest absolute Gasteiger partial charge is 0.493 e. The maximum Gasteiger partial charge on any atom is 0.329 e. The number of ether oxygens (including phenoxy) is 4. The third kappa shape index (κ3) is 5.18. The van der Waals surface area contributed by atoms with Crippen molar-refractivity contribution in [3.05, 3.63) is 17.7 Å². The summed E-state index contributed by atoms with van der Waals surface area (Å²) >= 11 is 0. The number of hydrogen-bond donors (Lipinski definition) is 0. The molecule has 0 radical (unpaired) electrons. The Morgan fingerprint density at radius 2 is 1.63 bits per heavy atom. The number of rotatable bonds is 9. The minimum Gasteiger partial charge on any atom is -0.493 e. The van der Waals surface area contributed by atoms with Crippen LogP contribution in [0.2, 0.25) is 0 Å². The summed E-state index contributed by atoms with van der Waals surface area (Å²) in [7, 11) is 4.63. The first kappa shape index (κ1) is 23.8. The van der Waals surface area contributed by atoms with E-state index in [1.165, 1.54) is 0 Å². The molecule has 0 aliphatic carbocycles. The van der Waals surface area contributed by atoms with E-state index >= 15 is 0 Å². The maximum atomic E-state index is 13.4. The van der Waals surface area contributed by atoms with Crippen molar-refractivity contribution >= 4 is 11.9 Å². The molecule has 1 aliphatic rings. The minimum absolute atomic E-state index is 0.101. The molecule has 1 fully saturated rings. The van der Waals surface area contributed by atoms with Crippen molar-refractivity contribution in [2.75, 3.05) is 27.9 Å². The van der Waals surface area contributed by atoms with Gasteiger partial charge >= 0.3 is 5.97 Å². The van der Waals surface area contributed by atoms with E-state index in [2.05, 4.69) is 0 Å². The van der Waals surface area contributed by atoms with E-state index in [9.17, 15) is 9.59 Å². The fraction of sp³-hybridized carbons (Fsp3) is 0.652. The molecular weight excluding hydrogens is 386 g/mol. The fourth-order valence-electron chi connectivity index (χ4n) is 3.88. The zero-order valence-corrected chi connectivity index (χ0v) is 19.0. The highest BCUT2D eigenvalue weighted by atomic mass is 16.5. The first-order valence-electron chi connectivity index (χ1n) is 10.7. The highest BCUT2D eigenvalue weighted by Gasteiger charge is 2.36. The number of nitrogens with zero attached hydrogens (tertiary/aromatic N) is 1. The van der Waals surface area contributed by atoms with Gasteiger partial charge in [-0.15, -0.1) is 0 Å². The number of piperidine rings is 1. The monoisotopic (exact) mass is 421 g/mol. The fourth-order valence-corrected chi connectivity index (χ4v) is 3.88. The zero-order chi connectivity index (χ0) is 22.3. The highest BCUT2D eigenvalue weighted by molar-refractivity contribution is 5.89. The summed E-state index contributed by atoms with van der Waals surface area (Å²) in [5, 5.41) is 0. The summed E-state index contributed by atoms with van der Waals surface area (Å²) in [6.45, 7) is 6.38. The molecule has 2 atom stereocenters. The number of carbonyl (C=O) groups excluding carboxylic acids is 2. The van der Waals surface area contributed by atoms with Crippen LogP contribution in [0.5, 0.6) is 17.2 Å². The Morgan fingerprint density at radius 1 is 1.03 bits per heavy atom. The van der Waals surface area contributed by atoms with Gasteiger partial charge in [0.05, 0.1) is 27.2 Å². The van der Waals surface area contributed by atoms with E-state index < -0.39 is 12.0 Å². The second kappa shape index (κ2) is 11.1. The molecule has 0 unspecified atom stereocenters. The van der Waals surface area contributed by atoms with Crippen LogP contribution < -0.4 is 14.2 Å². The Labute approximate surface area is 179 Å². The molecule has 0 spiro atoms. The number of benzene rings is 1. The van der Waals surface area contributed by atoms with Gasteiger partial charge in [-0.25, -0.2) is 4.79 Å². The second-order valence-electron chi connectivity index (χ2n) is 7.60. The van der Waals surface area contributed by atoms with Crippen LogP contribution in [0.15, 0.2) is 12.1 Å². The highest BCUT2D eigenvalue weighted by Crippen LogP contribution is 2.40. The predicted molar refractivity (Wildman–Crippen MR) is 114 cm³/mol. The molecule has 0 N–H and O–H groups in total. The van der Waals surface area contributed by atoms with Gasteiger partial charge in [-0.1, -0.05) is 13.8 Å². The molecular formula is C23H35NO6. The van der Waals surface area contributed by atoms with Crippen LogP contribution in [0.1, 0.15) is 64.4 Å². The van der Waals surface area contributed by atoms with Crippen molar-refractivity contribution in [1.29, 1.82) is 0 Å². The van der Waals surface area contributed by atoms with E-state index in [4.69, 9.17) is 18.9 Å². The summed E-state index contributed by atoms with van der Waals surface area (Å²) in [5.74, 6) is 0.599. The van der Waals surface area contributed by atoms with Crippen LogP contribution in [0.3, 0.4) is 0 Å². The van der Waals surface area contributed by atoms with Gasteiger partial charge in [0.15, 0.2) is 11.5 Å². The van der Waals surface area contributed by atoms with Crippen molar-refractivity contribution in [2.45, 2.75) is 70.9 Å². The smallest absolute Gasteiger partial charge is 0.329 e. The van der Waals surface area contributed by atoms with Crippen LogP contribution in [0, 0.1) is 0 Å². The summed E-state index contributed by atoms with van der Waals surface area (Å²) < 4.78 is 21.9. The number of methoxy groups -OCH3 is 3. The number of hydrogen-bond acceptors (Lipinski definition) is 6. The molecule has 1 saturated heterocycles. The van der Waals surface area contributed by atoms with Gasteiger partial charge in [0.2, 0.25) is 11.7 Å². The van der Waals surface area contributed by atoms with Crippen molar-refractivity contribution in [2.24, 2.45) is 0 Å². The Hall–Kier alpha value is -2.44. The summed E-state index contributed by atoms with van der Waals surface area (Å²) in [5.41, 5.74) is 0.743. The van der Waals surface area contributed by atoms with Crippen molar-refractivity contribution in [1.82, 2.24) is 4.90 Å². The Balaban J connectivity index is 2.27. The lowest BCUT2D eigenvalue weighted by atomic mass is 9.95. The summed E-state index contributed by atoms with van der Waals surface area (Å²) in [6, 6.07) is 3.04. The molecule has 0 bridgehead atoms.